The number of hydrogen-bond acceptors (Lipinski definition) is 4. The lowest BCUT2D eigenvalue weighted by atomic mass is 9.94. The molecule has 1 saturated heterocycles. The number of anilines is 1. The molecule has 0 radical (unpaired) electrons. The van der Waals surface area contributed by atoms with Crippen molar-refractivity contribution in [1.82, 2.24) is 4.90 Å². The van der Waals surface area contributed by atoms with Gasteiger partial charge in [0.2, 0.25) is 11.8 Å². The number of benzene rings is 2. The van der Waals surface area contributed by atoms with Crippen molar-refractivity contribution < 1.29 is 9.59 Å². The van der Waals surface area contributed by atoms with Crippen LogP contribution in [0.25, 0.3) is 0 Å². The highest BCUT2D eigenvalue weighted by molar-refractivity contribution is 5.98. The van der Waals surface area contributed by atoms with Gasteiger partial charge in [-0.05, 0) is 49.2 Å². The van der Waals surface area contributed by atoms with Crippen LogP contribution in [0.15, 0.2) is 64.8 Å². The molecule has 0 aromatic heterocycles. The van der Waals surface area contributed by atoms with Crippen molar-refractivity contribution in [1.29, 1.82) is 0 Å². The summed E-state index contributed by atoms with van der Waals surface area (Å²) in [6, 6.07) is 16.3. The van der Waals surface area contributed by atoms with Crippen LogP contribution in [0, 0.1) is 5.41 Å². The maximum Gasteiger partial charge on any atom is 0.247 e. The molecule has 2 aromatic rings. The highest BCUT2D eigenvalue weighted by Crippen LogP contribution is 2.27. The first kappa shape index (κ1) is 19.7. The Hall–Kier alpha value is -3.02. The molecule has 2 amide bonds. The summed E-state index contributed by atoms with van der Waals surface area (Å²) < 4.78 is 0. The molecule has 6 nitrogen and oxygen atoms in total. The molecular formula is C22H26N4O2. The first-order valence-corrected chi connectivity index (χ1v) is 9.53. The van der Waals surface area contributed by atoms with E-state index in [1.165, 1.54) is 0 Å². The lowest BCUT2D eigenvalue weighted by Crippen LogP contribution is -2.47. The van der Waals surface area contributed by atoms with Gasteiger partial charge in [0.05, 0.1) is 11.4 Å². The lowest BCUT2D eigenvalue weighted by molar-refractivity contribution is -0.143. The van der Waals surface area contributed by atoms with E-state index in [2.05, 4.69) is 15.5 Å². The van der Waals surface area contributed by atoms with Gasteiger partial charge in [-0.3, -0.25) is 9.59 Å². The second-order valence-electron chi connectivity index (χ2n) is 7.98. The third kappa shape index (κ3) is 4.82. The Morgan fingerprint density at radius 2 is 1.57 bits per heavy atom. The van der Waals surface area contributed by atoms with Crippen molar-refractivity contribution in [2.75, 3.05) is 11.9 Å². The second-order valence-corrected chi connectivity index (χ2v) is 7.98. The van der Waals surface area contributed by atoms with Gasteiger partial charge in [0.1, 0.15) is 6.04 Å². The Balaban J connectivity index is 1.63. The second kappa shape index (κ2) is 8.33. The van der Waals surface area contributed by atoms with Crippen LogP contribution in [0.1, 0.15) is 33.6 Å². The molecule has 1 N–H and O–H groups in total. The van der Waals surface area contributed by atoms with Crippen LogP contribution in [0.5, 0.6) is 0 Å². The molecule has 1 atom stereocenters. The topological polar surface area (TPSA) is 74.1 Å². The van der Waals surface area contributed by atoms with Crippen molar-refractivity contribution in [3.05, 3.63) is 54.6 Å². The molecule has 1 aliphatic rings. The summed E-state index contributed by atoms with van der Waals surface area (Å²) in [4.78, 5) is 27.0. The molecule has 0 unspecified atom stereocenters. The average molecular weight is 378 g/mol. The zero-order chi connectivity index (χ0) is 20.1. The number of carbonyl (C=O) groups excluding carboxylic acids is 2. The maximum absolute atomic E-state index is 12.7. The summed E-state index contributed by atoms with van der Waals surface area (Å²) >= 11 is 0. The minimum Gasteiger partial charge on any atom is -0.330 e. The largest absolute Gasteiger partial charge is 0.330 e. The molecular weight excluding hydrogens is 352 g/mol. The number of nitrogens with one attached hydrogen (secondary N) is 1. The standard InChI is InChI=1S/C22H26N4O2/c1-22(2,3)21(28)26-15-7-10-19(26)20(27)23-16-11-13-18(14-12-16)25-24-17-8-5-4-6-9-17/h4-6,8-9,11-14,19H,7,10,15H2,1-3H3,(H,23,27)/t19-/m0/s1. The quantitative estimate of drug-likeness (QED) is 0.754. The highest BCUT2D eigenvalue weighted by atomic mass is 16.2. The van der Waals surface area contributed by atoms with Gasteiger partial charge in [0.25, 0.3) is 0 Å². The van der Waals surface area contributed by atoms with Crippen LogP contribution in [0.4, 0.5) is 17.1 Å². The van der Waals surface area contributed by atoms with Crippen LogP contribution < -0.4 is 5.32 Å². The number of amides is 2. The van der Waals surface area contributed by atoms with Crippen LogP contribution in [0.2, 0.25) is 0 Å². The Morgan fingerprint density at radius 1 is 0.964 bits per heavy atom. The van der Waals surface area contributed by atoms with Gasteiger partial charge in [-0.15, -0.1) is 0 Å². The third-order valence-corrected chi connectivity index (χ3v) is 4.63. The summed E-state index contributed by atoms with van der Waals surface area (Å²) in [6.07, 6.45) is 1.54. The van der Waals surface area contributed by atoms with Crippen molar-refractivity contribution in [3.63, 3.8) is 0 Å². The van der Waals surface area contributed by atoms with Gasteiger partial charge in [-0.25, -0.2) is 0 Å². The van der Waals surface area contributed by atoms with E-state index in [9.17, 15) is 9.59 Å². The van der Waals surface area contributed by atoms with E-state index in [1.807, 2.05) is 51.1 Å². The monoisotopic (exact) mass is 378 g/mol. The van der Waals surface area contributed by atoms with Crippen molar-refractivity contribution in [2.24, 2.45) is 15.6 Å². The van der Waals surface area contributed by atoms with Gasteiger partial charge in [0.15, 0.2) is 0 Å². The van der Waals surface area contributed by atoms with E-state index in [1.54, 1.807) is 29.2 Å². The average Bonchev–Trinajstić information content (AvgIpc) is 3.16. The number of rotatable bonds is 4. The Bertz CT molecular complexity index is 854. The summed E-state index contributed by atoms with van der Waals surface area (Å²) in [5.41, 5.74) is 1.67. The Labute approximate surface area is 165 Å². The fraction of sp³-hybridized carbons (Fsp3) is 0.364. The van der Waals surface area contributed by atoms with Gasteiger partial charge < -0.3 is 10.2 Å². The van der Waals surface area contributed by atoms with Crippen LogP contribution >= 0.6 is 0 Å². The van der Waals surface area contributed by atoms with Gasteiger partial charge in [-0.2, -0.15) is 10.2 Å². The zero-order valence-corrected chi connectivity index (χ0v) is 16.6. The molecule has 1 heterocycles. The number of hydrogen-bond donors (Lipinski definition) is 1. The number of likely N-dealkylation sites (tertiary alicyclic amines) is 1. The van der Waals surface area contributed by atoms with E-state index < -0.39 is 11.5 Å². The molecule has 1 fully saturated rings. The molecule has 0 spiro atoms. The predicted octanol–water partition coefficient (Wildman–Crippen LogP) is 5.08. The SMILES string of the molecule is CC(C)(C)C(=O)N1CCC[C@H]1C(=O)Nc1ccc(N=Nc2ccccc2)cc1. The number of carbonyl (C=O) groups is 2. The van der Waals surface area contributed by atoms with Crippen LogP contribution in [-0.2, 0) is 9.59 Å². The van der Waals surface area contributed by atoms with Crippen LogP contribution in [-0.4, -0.2) is 29.3 Å². The Kier molecular flexibility index (Phi) is 5.87. The molecule has 1 aliphatic heterocycles. The minimum atomic E-state index is -0.492. The van der Waals surface area contributed by atoms with Gasteiger partial charge in [-0.1, -0.05) is 39.0 Å². The summed E-state index contributed by atoms with van der Waals surface area (Å²) in [5.74, 6) is -0.129. The molecule has 0 aliphatic carbocycles. The zero-order valence-electron chi connectivity index (χ0n) is 16.6. The van der Waals surface area contributed by atoms with Crippen LogP contribution in [0.3, 0.4) is 0 Å². The van der Waals surface area contributed by atoms with Crippen molar-refractivity contribution in [3.8, 4) is 0 Å². The molecule has 28 heavy (non-hydrogen) atoms. The first-order valence-electron chi connectivity index (χ1n) is 9.53. The predicted molar refractivity (Wildman–Crippen MR) is 110 cm³/mol. The van der Waals surface area contributed by atoms with E-state index in [0.717, 1.165) is 12.1 Å². The molecule has 3 rings (SSSR count). The first-order chi connectivity index (χ1) is 13.3. The van der Waals surface area contributed by atoms with E-state index in [0.29, 0.717) is 24.3 Å². The van der Waals surface area contributed by atoms with E-state index in [-0.39, 0.29) is 11.8 Å². The van der Waals surface area contributed by atoms with E-state index >= 15 is 0 Å². The van der Waals surface area contributed by atoms with Crippen molar-refractivity contribution in [2.45, 2.75) is 39.7 Å². The molecule has 0 bridgehead atoms. The fourth-order valence-corrected chi connectivity index (χ4v) is 3.16. The normalized spacial score (nSPS) is 17.1. The fourth-order valence-electron chi connectivity index (χ4n) is 3.16. The third-order valence-electron chi connectivity index (χ3n) is 4.63. The molecule has 6 heteroatoms. The highest BCUT2D eigenvalue weighted by Gasteiger charge is 2.38. The van der Waals surface area contributed by atoms with Crippen molar-refractivity contribution >= 4 is 28.9 Å². The minimum absolute atomic E-state index is 0.0156. The smallest absolute Gasteiger partial charge is 0.247 e. The summed E-state index contributed by atoms with van der Waals surface area (Å²) in [7, 11) is 0. The molecule has 146 valence electrons. The van der Waals surface area contributed by atoms with Gasteiger partial charge >= 0.3 is 0 Å². The molecule has 0 saturated carbocycles. The Morgan fingerprint density at radius 3 is 2.18 bits per heavy atom. The summed E-state index contributed by atoms with van der Waals surface area (Å²) in [6.45, 7) is 6.27. The van der Waals surface area contributed by atoms with E-state index in [4.69, 9.17) is 0 Å². The van der Waals surface area contributed by atoms with Gasteiger partial charge in [0, 0.05) is 17.6 Å². The lowest BCUT2D eigenvalue weighted by Gasteiger charge is -2.30. The molecule has 2 aromatic carbocycles. The summed E-state index contributed by atoms with van der Waals surface area (Å²) in [5, 5.41) is 11.3. The maximum atomic E-state index is 12.7. The number of azo groups is 1. The number of nitrogens with zero attached hydrogens (tertiary/aromatic N) is 3.